The Labute approximate surface area is 192 Å². The van der Waals surface area contributed by atoms with Crippen LogP contribution < -0.4 is 15.0 Å². The normalized spacial score (nSPS) is 15.9. The van der Waals surface area contributed by atoms with Crippen LogP contribution in [0.5, 0.6) is 5.75 Å². The minimum absolute atomic E-state index is 0.0494. The number of amides is 2. The Balaban J connectivity index is 1.35. The van der Waals surface area contributed by atoms with Gasteiger partial charge in [-0.15, -0.1) is 10.2 Å². The van der Waals surface area contributed by atoms with E-state index in [9.17, 15) is 9.59 Å². The predicted molar refractivity (Wildman–Crippen MR) is 121 cm³/mol. The molecule has 7 nitrogen and oxygen atoms in total. The van der Waals surface area contributed by atoms with Crippen molar-refractivity contribution in [3.63, 3.8) is 0 Å². The van der Waals surface area contributed by atoms with Gasteiger partial charge < -0.3 is 9.64 Å². The van der Waals surface area contributed by atoms with Crippen molar-refractivity contribution >= 4 is 57.2 Å². The van der Waals surface area contributed by atoms with Gasteiger partial charge in [0.05, 0.1) is 5.02 Å². The molecule has 1 fully saturated rings. The second-order valence-corrected chi connectivity index (χ2v) is 8.90. The van der Waals surface area contributed by atoms with Crippen LogP contribution in [0, 0.1) is 6.92 Å². The first-order chi connectivity index (χ1) is 14.9. The van der Waals surface area contributed by atoms with E-state index in [1.54, 1.807) is 17.0 Å². The van der Waals surface area contributed by atoms with Crippen molar-refractivity contribution < 1.29 is 14.3 Å². The largest absolute Gasteiger partial charge is 0.482 e. The molecule has 1 aromatic heterocycles. The van der Waals surface area contributed by atoms with Crippen LogP contribution >= 0.6 is 34.5 Å². The fourth-order valence-electron chi connectivity index (χ4n) is 3.31. The molecule has 0 spiro atoms. The minimum Gasteiger partial charge on any atom is -0.482 e. The number of anilines is 2. The lowest BCUT2D eigenvalue weighted by Gasteiger charge is -2.18. The molecular formula is C21H18Cl2N4O3S. The number of aryl methyl sites for hydroxylation is 1. The summed E-state index contributed by atoms with van der Waals surface area (Å²) in [4.78, 5) is 26.5. The zero-order chi connectivity index (χ0) is 22.0. The Morgan fingerprint density at radius 1 is 1.26 bits per heavy atom. The molecule has 1 aliphatic rings. The van der Waals surface area contributed by atoms with E-state index in [1.165, 1.54) is 17.4 Å². The quantitative estimate of drug-likeness (QED) is 0.557. The van der Waals surface area contributed by atoms with Crippen molar-refractivity contribution in [2.45, 2.75) is 19.3 Å². The number of hydrogen-bond donors (Lipinski definition) is 1. The standard InChI is InChI=1S/C21H18Cl2N4O3S/c1-12-4-2-3-5-16(12)27-10-13(8-19(27)29)20-25-26-21(31-20)24-18(28)11-30-17-7-6-14(22)9-15(17)23/h2-7,9,13H,8,10-11H2,1H3,(H,24,26,28). The second kappa shape index (κ2) is 9.21. The number of carbonyl (C=O) groups excluding carboxylic acids is 2. The highest BCUT2D eigenvalue weighted by atomic mass is 35.5. The fraction of sp³-hybridized carbons (Fsp3) is 0.238. The lowest BCUT2D eigenvalue weighted by Crippen LogP contribution is -2.25. The number of rotatable bonds is 6. The monoisotopic (exact) mass is 476 g/mol. The summed E-state index contributed by atoms with van der Waals surface area (Å²) in [6, 6.07) is 12.5. The van der Waals surface area contributed by atoms with Gasteiger partial charge in [-0.25, -0.2) is 0 Å². The van der Waals surface area contributed by atoms with E-state index in [4.69, 9.17) is 27.9 Å². The van der Waals surface area contributed by atoms with Crippen LogP contribution in [-0.2, 0) is 9.59 Å². The Kier molecular flexibility index (Phi) is 6.41. The molecule has 1 unspecified atom stereocenters. The van der Waals surface area contributed by atoms with Gasteiger partial charge in [-0.3, -0.25) is 14.9 Å². The third kappa shape index (κ3) is 4.98. The number of nitrogens with zero attached hydrogens (tertiary/aromatic N) is 3. The molecule has 1 N–H and O–H groups in total. The van der Waals surface area contributed by atoms with Crippen LogP contribution in [0.1, 0.15) is 22.9 Å². The molecule has 1 atom stereocenters. The van der Waals surface area contributed by atoms with Crippen molar-refractivity contribution in [1.29, 1.82) is 0 Å². The van der Waals surface area contributed by atoms with Crippen molar-refractivity contribution in [2.24, 2.45) is 0 Å². The molecule has 0 radical (unpaired) electrons. The first kappa shape index (κ1) is 21.5. The molecule has 0 bridgehead atoms. The predicted octanol–water partition coefficient (Wildman–Crippen LogP) is 4.69. The summed E-state index contributed by atoms with van der Waals surface area (Å²) in [6.45, 7) is 2.28. The second-order valence-electron chi connectivity index (χ2n) is 7.05. The van der Waals surface area contributed by atoms with E-state index in [-0.39, 0.29) is 18.4 Å². The van der Waals surface area contributed by atoms with E-state index >= 15 is 0 Å². The number of hydrogen-bond acceptors (Lipinski definition) is 6. The van der Waals surface area contributed by atoms with Gasteiger partial charge in [-0.1, -0.05) is 52.7 Å². The third-order valence-corrected chi connectivity index (χ3v) is 6.35. The molecule has 1 aliphatic heterocycles. The number of para-hydroxylation sites is 1. The van der Waals surface area contributed by atoms with E-state index < -0.39 is 5.91 Å². The smallest absolute Gasteiger partial charge is 0.264 e. The Morgan fingerprint density at radius 2 is 2.06 bits per heavy atom. The first-order valence-electron chi connectivity index (χ1n) is 9.48. The Morgan fingerprint density at radius 3 is 2.84 bits per heavy atom. The molecule has 2 aromatic carbocycles. The van der Waals surface area contributed by atoms with Crippen molar-refractivity contribution in [3.8, 4) is 5.75 Å². The summed E-state index contributed by atoms with van der Waals surface area (Å²) in [5.41, 5.74) is 1.95. The summed E-state index contributed by atoms with van der Waals surface area (Å²) in [5.74, 6) is -0.0506. The Bertz CT molecular complexity index is 1140. The molecule has 3 aromatic rings. The molecule has 31 heavy (non-hydrogen) atoms. The van der Waals surface area contributed by atoms with Crippen LogP contribution in [0.25, 0.3) is 0 Å². The Hall–Kier alpha value is -2.68. The van der Waals surface area contributed by atoms with Gasteiger partial charge in [-0.2, -0.15) is 0 Å². The molecule has 10 heteroatoms. The topological polar surface area (TPSA) is 84.4 Å². The number of halogens is 2. The number of carbonyl (C=O) groups is 2. The maximum Gasteiger partial charge on any atom is 0.264 e. The summed E-state index contributed by atoms with van der Waals surface area (Å²) in [7, 11) is 0. The average Bonchev–Trinajstić information content (AvgIpc) is 3.34. The van der Waals surface area contributed by atoms with Crippen LogP contribution in [-0.4, -0.2) is 35.2 Å². The molecular weight excluding hydrogens is 459 g/mol. The van der Waals surface area contributed by atoms with E-state index in [0.29, 0.717) is 38.9 Å². The molecule has 2 amide bonds. The lowest BCUT2D eigenvalue weighted by molar-refractivity contribution is -0.118. The zero-order valence-corrected chi connectivity index (χ0v) is 18.8. The SMILES string of the molecule is Cc1ccccc1N1CC(c2nnc(NC(=O)COc3ccc(Cl)cc3Cl)s2)CC1=O. The van der Waals surface area contributed by atoms with Gasteiger partial charge in [0, 0.05) is 29.6 Å². The first-order valence-corrected chi connectivity index (χ1v) is 11.0. The van der Waals surface area contributed by atoms with Gasteiger partial charge >= 0.3 is 0 Å². The van der Waals surface area contributed by atoms with Gasteiger partial charge in [0.25, 0.3) is 5.91 Å². The van der Waals surface area contributed by atoms with E-state index in [1.807, 2.05) is 31.2 Å². The molecule has 0 aliphatic carbocycles. The molecule has 160 valence electrons. The summed E-state index contributed by atoms with van der Waals surface area (Å²) in [6.07, 6.45) is 0.356. The number of aromatic nitrogens is 2. The maximum atomic E-state index is 12.5. The number of benzene rings is 2. The van der Waals surface area contributed by atoms with E-state index in [0.717, 1.165) is 11.3 Å². The highest BCUT2D eigenvalue weighted by molar-refractivity contribution is 7.15. The van der Waals surface area contributed by atoms with Crippen LogP contribution in [0.2, 0.25) is 10.0 Å². The summed E-state index contributed by atoms with van der Waals surface area (Å²) < 4.78 is 5.42. The summed E-state index contributed by atoms with van der Waals surface area (Å²) >= 11 is 13.1. The average molecular weight is 477 g/mol. The van der Waals surface area contributed by atoms with Gasteiger partial charge in [-0.05, 0) is 36.8 Å². The molecule has 2 heterocycles. The van der Waals surface area contributed by atoms with Gasteiger partial charge in [0.1, 0.15) is 10.8 Å². The van der Waals surface area contributed by atoms with Crippen molar-refractivity contribution in [3.05, 3.63) is 63.1 Å². The molecule has 1 saturated heterocycles. The van der Waals surface area contributed by atoms with Crippen LogP contribution in [0.15, 0.2) is 42.5 Å². The van der Waals surface area contributed by atoms with E-state index in [2.05, 4.69) is 15.5 Å². The molecule has 4 rings (SSSR count). The van der Waals surface area contributed by atoms with Crippen molar-refractivity contribution in [2.75, 3.05) is 23.4 Å². The fourth-order valence-corrected chi connectivity index (χ4v) is 4.63. The minimum atomic E-state index is -0.391. The lowest BCUT2D eigenvalue weighted by atomic mass is 10.1. The highest BCUT2D eigenvalue weighted by Gasteiger charge is 2.34. The number of nitrogens with one attached hydrogen (secondary N) is 1. The van der Waals surface area contributed by atoms with Crippen LogP contribution in [0.4, 0.5) is 10.8 Å². The summed E-state index contributed by atoms with van der Waals surface area (Å²) in [5, 5.41) is 12.7. The van der Waals surface area contributed by atoms with Crippen molar-refractivity contribution in [1.82, 2.24) is 10.2 Å². The number of ether oxygens (including phenoxy) is 1. The molecule has 0 saturated carbocycles. The zero-order valence-electron chi connectivity index (χ0n) is 16.5. The van der Waals surface area contributed by atoms with Gasteiger partial charge in [0.15, 0.2) is 6.61 Å². The van der Waals surface area contributed by atoms with Crippen LogP contribution in [0.3, 0.4) is 0 Å². The van der Waals surface area contributed by atoms with Gasteiger partial charge in [0.2, 0.25) is 11.0 Å². The highest BCUT2D eigenvalue weighted by Crippen LogP contribution is 2.35. The third-order valence-electron chi connectivity index (χ3n) is 4.82. The maximum absolute atomic E-state index is 12.5.